The van der Waals surface area contributed by atoms with Crippen LogP contribution in [0, 0.1) is 4.91 Å². The molecule has 0 radical (unpaired) electrons. The van der Waals surface area contributed by atoms with Gasteiger partial charge in [-0.2, -0.15) is 0 Å². The molecule has 3 nitrogen and oxygen atoms in total. The number of nitrogens with zero attached hydrogens (tertiary/aromatic N) is 2. The van der Waals surface area contributed by atoms with Gasteiger partial charge in [0, 0.05) is 24.7 Å². The SMILES string of the molecule is CCN(CCCl)c1ccc(N=O)cc1. The van der Waals surface area contributed by atoms with E-state index >= 15 is 0 Å². The van der Waals surface area contributed by atoms with Gasteiger partial charge < -0.3 is 4.90 Å². The highest BCUT2D eigenvalue weighted by atomic mass is 35.5. The smallest absolute Gasteiger partial charge is 0.108 e. The minimum atomic E-state index is 0.454. The van der Waals surface area contributed by atoms with Crippen molar-refractivity contribution in [2.75, 3.05) is 23.9 Å². The topological polar surface area (TPSA) is 32.7 Å². The lowest BCUT2D eigenvalue weighted by atomic mass is 10.2. The van der Waals surface area contributed by atoms with Crippen molar-refractivity contribution in [3.63, 3.8) is 0 Å². The molecule has 0 amide bonds. The summed E-state index contributed by atoms with van der Waals surface area (Å²) in [5, 5.41) is 2.85. The first kappa shape index (κ1) is 11.0. The molecule has 0 saturated heterocycles. The zero-order chi connectivity index (χ0) is 10.4. The largest absolute Gasteiger partial charge is 0.371 e. The van der Waals surface area contributed by atoms with Gasteiger partial charge in [-0.3, -0.25) is 0 Å². The highest BCUT2D eigenvalue weighted by Gasteiger charge is 2.02. The fourth-order valence-electron chi connectivity index (χ4n) is 1.30. The maximum atomic E-state index is 10.2. The Labute approximate surface area is 88.6 Å². The molecule has 4 heteroatoms. The maximum absolute atomic E-state index is 10.2. The van der Waals surface area contributed by atoms with Gasteiger partial charge in [0.25, 0.3) is 0 Å². The van der Waals surface area contributed by atoms with Crippen molar-refractivity contribution in [3.05, 3.63) is 29.2 Å². The molecular weight excluding hydrogens is 200 g/mol. The molecule has 0 N–H and O–H groups in total. The Balaban J connectivity index is 2.77. The standard InChI is InChI=1S/C10H13ClN2O/c1-2-13(8-7-11)10-5-3-9(12-14)4-6-10/h3-6H,2,7-8H2,1H3. The number of hydrogen-bond donors (Lipinski definition) is 0. The Morgan fingerprint density at radius 2 is 2.00 bits per heavy atom. The quantitative estimate of drug-likeness (QED) is 0.555. The van der Waals surface area contributed by atoms with Crippen LogP contribution < -0.4 is 4.90 Å². The van der Waals surface area contributed by atoms with Crippen LogP contribution in [-0.2, 0) is 0 Å². The molecule has 0 aliphatic heterocycles. The molecular formula is C10H13ClN2O. The second-order valence-corrected chi connectivity index (χ2v) is 3.25. The van der Waals surface area contributed by atoms with Crippen LogP contribution in [0.4, 0.5) is 11.4 Å². The molecule has 76 valence electrons. The Morgan fingerprint density at radius 1 is 1.36 bits per heavy atom. The monoisotopic (exact) mass is 212 g/mol. The fourth-order valence-corrected chi connectivity index (χ4v) is 1.50. The first-order valence-corrected chi connectivity index (χ1v) is 5.09. The van der Waals surface area contributed by atoms with E-state index in [1.807, 2.05) is 12.1 Å². The lowest BCUT2D eigenvalue weighted by Crippen LogP contribution is -2.24. The van der Waals surface area contributed by atoms with E-state index in [0.717, 1.165) is 18.8 Å². The van der Waals surface area contributed by atoms with Gasteiger partial charge >= 0.3 is 0 Å². The second kappa shape index (κ2) is 5.60. The number of rotatable bonds is 5. The zero-order valence-electron chi connectivity index (χ0n) is 8.11. The molecule has 0 aliphatic carbocycles. The third-order valence-corrected chi connectivity index (χ3v) is 2.23. The predicted molar refractivity (Wildman–Crippen MR) is 60.5 cm³/mol. The number of anilines is 1. The van der Waals surface area contributed by atoms with Crippen LogP contribution in [0.5, 0.6) is 0 Å². The van der Waals surface area contributed by atoms with E-state index in [-0.39, 0.29) is 0 Å². The van der Waals surface area contributed by atoms with E-state index in [2.05, 4.69) is 17.0 Å². The molecule has 0 heterocycles. The van der Waals surface area contributed by atoms with Crippen molar-refractivity contribution in [1.29, 1.82) is 0 Å². The van der Waals surface area contributed by atoms with Crippen LogP contribution in [0.3, 0.4) is 0 Å². The summed E-state index contributed by atoms with van der Waals surface area (Å²) in [6, 6.07) is 7.18. The summed E-state index contributed by atoms with van der Waals surface area (Å²) in [5.74, 6) is 0.599. The van der Waals surface area contributed by atoms with Crippen molar-refractivity contribution in [2.24, 2.45) is 5.18 Å². The molecule has 1 rings (SSSR count). The van der Waals surface area contributed by atoms with Crippen LogP contribution in [0.15, 0.2) is 29.4 Å². The summed E-state index contributed by atoms with van der Waals surface area (Å²) in [5.41, 5.74) is 1.52. The van der Waals surface area contributed by atoms with Crippen molar-refractivity contribution in [3.8, 4) is 0 Å². The Hall–Kier alpha value is -1.09. The number of hydrogen-bond acceptors (Lipinski definition) is 3. The number of benzene rings is 1. The van der Waals surface area contributed by atoms with Gasteiger partial charge in [0.1, 0.15) is 5.69 Å². The molecule has 14 heavy (non-hydrogen) atoms. The van der Waals surface area contributed by atoms with Gasteiger partial charge in [-0.05, 0) is 36.4 Å². The zero-order valence-corrected chi connectivity index (χ0v) is 8.87. The minimum Gasteiger partial charge on any atom is -0.371 e. The van der Waals surface area contributed by atoms with Crippen LogP contribution in [0.1, 0.15) is 6.92 Å². The Morgan fingerprint density at radius 3 is 2.43 bits per heavy atom. The van der Waals surface area contributed by atoms with E-state index in [4.69, 9.17) is 11.6 Å². The summed E-state index contributed by atoms with van der Waals surface area (Å²) in [6.07, 6.45) is 0. The van der Waals surface area contributed by atoms with E-state index in [9.17, 15) is 4.91 Å². The number of nitroso groups, excluding NO2 is 1. The summed E-state index contributed by atoms with van der Waals surface area (Å²) in [4.78, 5) is 12.3. The first-order valence-electron chi connectivity index (χ1n) is 4.56. The average Bonchev–Trinajstić information content (AvgIpc) is 2.26. The highest BCUT2D eigenvalue weighted by molar-refractivity contribution is 6.18. The van der Waals surface area contributed by atoms with Gasteiger partial charge in [0.05, 0.1) is 0 Å². The first-order chi connectivity index (χ1) is 6.81. The van der Waals surface area contributed by atoms with E-state index in [1.165, 1.54) is 0 Å². The molecule has 0 saturated carbocycles. The minimum absolute atomic E-state index is 0.454. The second-order valence-electron chi connectivity index (χ2n) is 2.88. The molecule has 1 aromatic rings. The lowest BCUT2D eigenvalue weighted by molar-refractivity contribution is 0.870. The molecule has 0 atom stereocenters. The summed E-state index contributed by atoms with van der Waals surface area (Å²) >= 11 is 5.67. The molecule has 1 aromatic carbocycles. The van der Waals surface area contributed by atoms with Crippen molar-refractivity contribution in [1.82, 2.24) is 0 Å². The fraction of sp³-hybridized carbons (Fsp3) is 0.400. The van der Waals surface area contributed by atoms with Crippen molar-refractivity contribution >= 4 is 23.0 Å². The van der Waals surface area contributed by atoms with Gasteiger partial charge in [0.15, 0.2) is 0 Å². The summed E-state index contributed by atoms with van der Waals surface area (Å²) in [6.45, 7) is 3.78. The third-order valence-electron chi connectivity index (χ3n) is 2.06. The van der Waals surface area contributed by atoms with Gasteiger partial charge in [-0.15, -0.1) is 16.5 Å². The molecule has 0 aromatic heterocycles. The van der Waals surface area contributed by atoms with Crippen LogP contribution >= 0.6 is 11.6 Å². The van der Waals surface area contributed by atoms with Crippen LogP contribution in [0.2, 0.25) is 0 Å². The molecule has 0 unspecified atom stereocenters. The average molecular weight is 213 g/mol. The Kier molecular flexibility index (Phi) is 4.40. The van der Waals surface area contributed by atoms with Crippen molar-refractivity contribution < 1.29 is 0 Å². The molecule has 0 spiro atoms. The lowest BCUT2D eigenvalue weighted by Gasteiger charge is -2.21. The van der Waals surface area contributed by atoms with Crippen molar-refractivity contribution in [2.45, 2.75) is 6.92 Å². The van der Waals surface area contributed by atoms with Gasteiger partial charge in [-0.25, -0.2) is 0 Å². The van der Waals surface area contributed by atoms with Gasteiger partial charge in [-0.1, -0.05) is 0 Å². The highest BCUT2D eigenvalue weighted by Crippen LogP contribution is 2.19. The van der Waals surface area contributed by atoms with E-state index in [1.54, 1.807) is 12.1 Å². The molecule has 0 bridgehead atoms. The summed E-state index contributed by atoms with van der Waals surface area (Å²) in [7, 11) is 0. The van der Waals surface area contributed by atoms with E-state index in [0.29, 0.717) is 11.6 Å². The number of alkyl halides is 1. The molecule has 0 aliphatic rings. The predicted octanol–water partition coefficient (Wildman–Crippen LogP) is 3.15. The van der Waals surface area contributed by atoms with Crippen LogP contribution in [-0.4, -0.2) is 19.0 Å². The Bertz CT molecular complexity index is 287. The number of halogens is 1. The van der Waals surface area contributed by atoms with Gasteiger partial charge in [0.2, 0.25) is 0 Å². The molecule has 0 fully saturated rings. The summed E-state index contributed by atoms with van der Waals surface area (Å²) < 4.78 is 0. The van der Waals surface area contributed by atoms with Crippen LogP contribution in [0.25, 0.3) is 0 Å². The third kappa shape index (κ3) is 2.70. The maximum Gasteiger partial charge on any atom is 0.108 e. The normalized spacial score (nSPS) is 9.86. The van der Waals surface area contributed by atoms with E-state index < -0.39 is 0 Å².